The van der Waals surface area contributed by atoms with E-state index < -0.39 is 0 Å². The van der Waals surface area contributed by atoms with Crippen molar-refractivity contribution in [3.8, 4) is 0 Å². The largest absolute Gasteiger partial charge is 0.300 e. The van der Waals surface area contributed by atoms with Crippen LogP contribution in [0.3, 0.4) is 0 Å². The van der Waals surface area contributed by atoms with E-state index >= 15 is 0 Å². The van der Waals surface area contributed by atoms with E-state index in [-0.39, 0.29) is 0 Å². The van der Waals surface area contributed by atoms with Gasteiger partial charge in [-0.1, -0.05) is 25.7 Å². The average molecular weight is 127 g/mol. The van der Waals surface area contributed by atoms with Crippen molar-refractivity contribution < 1.29 is 4.84 Å². The lowest BCUT2D eigenvalue weighted by molar-refractivity contribution is 0.159. The minimum atomic E-state index is 0.502. The van der Waals surface area contributed by atoms with E-state index in [4.69, 9.17) is 5.90 Å². The van der Waals surface area contributed by atoms with Crippen LogP contribution in [0.15, 0.2) is 24.3 Å². The molecule has 2 N–H and O–H groups in total. The normalized spacial score (nSPS) is 11.6. The van der Waals surface area contributed by atoms with Gasteiger partial charge in [0.05, 0.1) is 6.61 Å². The highest BCUT2D eigenvalue weighted by atomic mass is 16.6. The van der Waals surface area contributed by atoms with Crippen LogP contribution in [0.2, 0.25) is 0 Å². The summed E-state index contributed by atoms with van der Waals surface area (Å²) in [5.74, 6) is 4.86. The minimum Gasteiger partial charge on any atom is -0.300 e. The number of allylic oxidation sites excluding steroid dienone is 2. The summed E-state index contributed by atoms with van der Waals surface area (Å²) in [6.45, 7) is 6.11. The maximum atomic E-state index is 4.86. The summed E-state index contributed by atoms with van der Waals surface area (Å²) >= 11 is 0. The van der Waals surface area contributed by atoms with Gasteiger partial charge in [0.1, 0.15) is 0 Å². The lowest BCUT2D eigenvalue weighted by Gasteiger charge is -1.98. The van der Waals surface area contributed by atoms with Crippen molar-refractivity contribution in [1.82, 2.24) is 0 Å². The van der Waals surface area contributed by atoms with Crippen LogP contribution in [0.4, 0.5) is 0 Å². The third-order valence-electron chi connectivity index (χ3n) is 1.08. The van der Waals surface area contributed by atoms with Gasteiger partial charge in [-0.15, -0.1) is 0 Å². The summed E-state index contributed by atoms with van der Waals surface area (Å²) in [5, 5.41) is 0. The molecule has 0 aromatic carbocycles. The van der Waals surface area contributed by atoms with E-state index in [1.54, 1.807) is 6.08 Å². The number of rotatable bonds is 4. The summed E-state index contributed by atoms with van der Waals surface area (Å²) in [6.07, 6.45) is 4.61. The highest BCUT2D eigenvalue weighted by Gasteiger charge is 1.88. The van der Waals surface area contributed by atoms with Gasteiger partial charge in [-0.05, 0) is 12.0 Å². The Morgan fingerprint density at radius 2 is 2.44 bits per heavy atom. The molecular weight excluding hydrogens is 114 g/mol. The number of hydrogen-bond donors (Lipinski definition) is 1. The van der Waals surface area contributed by atoms with Crippen molar-refractivity contribution in [1.29, 1.82) is 0 Å². The zero-order chi connectivity index (χ0) is 7.11. The summed E-state index contributed by atoms with van der Waals surface area (Å²) in [7, 11) is 0. The second-order valence-electron chi connectivity index (χ2n) is 1.73. The minimum absolute atomic E-state index is 0.502. The molecule has 0 rings (SSSR count). The molecular formula is C7H13NO. The first kappa shape index (κ1) is 8.40. The van der Waals surface area contributed by atoms with Crippen LogP contribution in [0, 0.1) is 0 Å². The van der Waals surface area contributed by atoms with Crippen molar-refractivity contribution >= 4 is 0 Å². The molecule has 0 fully saturated rings. The molecule has 0 unspecified atom stereocenters. The monoisotopic (exact) mass is 127 g/mol. The molecule has 0 atom stereocenters. The van der Waals surface area contributed by atoms with Gasteiger partial charge < -0.3 is 4.84 Å². The van der Waals surface area contributed by atoms with Gasteiger partial charge in [0.25, 0.3) is 0 Å². The first-order valence-corrected chi connectivity index (χ1v) is 2.97. The molecule has 52 valence electrons. The molecule has 0 aliphatic heterocycles. The summed E-state index contributed by atoms with van der Waals surface area (Å²) < 4.78 is 0. The fourth-order valence-corrected chi connectivity index (χ4v) is 0.542. The van der Waals surface area contributed by atoms with Crippen LogP contribution in [-0.4, -0.2) is 6.61 Å². The molecule has 0 radical (unpaired) electrons. The molecule has 0 spiro atoms. The van der Waals surface area contributed by atoms with Crippen molar-refractivity contribution in [3.63, 3.8) is 0 Å². The van der Waals surface area contributed by atoms with Crippen LogP contribution in [0.1, 0.15) is 13.3 Å². The van der Waals surface area contributed by atoms with Gasteiger partial charge in [-0.25, -0.2) is 5.90 Å². The Morgan fingerprint density at radius 1 is 1.78 bits per heavy atom. The van der Waals surface area contributed by atoms with Gasteiger partial charge in [0.2, 0.25) is 0 Å². The van der Waals surface area contributed by atoms with E-state index in [0.717, 1.165) is 12.0 Å². The van der Waals surface area contributed by atoms with Gasteiger partial charge in [-0.3, -0.25) is 0 Å². The maximum absolute atomic E-state index is 4.86. The average Bonchev–Trinajstić information content (AvgIpc) is 1.88. The number of hydrogen-bond acceptors (Lipinski definition) is 2. The highest BCUT2D eigenvalue weighted by molar-refractivity contribution is 5.09. The van der Waals surface area contributed by atoms with Crippen molar-refractivity contribution in [3.05, 3.63) is 24.3 Å². The fraction of sp³-hybridized carbons (Fsp3) is 0.429. The van der Waals surface area contributed by atoms with Crippen LogP contribution < -0.4 is 5.90 Å². The molecule has 0 aliphatic rings. The van der Waals surface area contributed by atoms with Crippen LogP contribution in [-0.2, 0) is 4.84 Å². The molecule has 0 bridgehead atoms. The second kappa shape index (κ2) is 5.54. The third kappa shape index (κ3) is 3.94. The Hall–Kier alpha value is -0.600. The Labute approximate surface area is 56.0 Å². The molecule has 0 aliphatic carbocycles. The van der Waals surface area contributed by atoms with Gasteiger partial charge in [0.15, 0.2) is 0 Å². The van der Waals surface area contributed by atoms with Gasteiger partial charge >= 0.3 is 0 Å². The van der Waals surface area contributed by atoms with Crippen LogP contribution in [0.5, 0.6) is 0 Å². The molecule has 9 heavy (non-hydrogen) atoms. The highest BCUT2D eigenvalue weighted by Crippen LogP contribution is 1.98. The predicted molar refractivity (Wildman–Crippen MR) is 38.7 cm³/mol. The smallest absolute Gasteiger partial charge is 0.0893 e. The molecule has 2 nitrogen and oxygen atoms in total. The van der Waals surface area contributed by atoms with Gasteiger partial charge in [0, 0.05) is 0 Å². The van der Waals surface area contributed by atoms with Crippen molar-refractivity contribution in [2.24, 2.45) is 5.90 Å². The molecule has 0 saturated carbocycles. The first-order chi connectivity index (χ1) is 4.35. The second-order valence-corrected chi connectivity index (χ2v) is 1.73. The third-order valence-corrected chi connectivity index (χ3v) is 1.08. The molecule has 0 saturated heterocycles. The van der Waals surface area contributed by atoms with Crippen LogP contribution in [0.25, 0.3) is 0 Å². The van der Waals surface area contributed by atoms with E-state index in [1.165, 1.54) is 0 Å². The van der Waals surface area contributed by atoms with E-state index in [9.17, 15) is 0 Å². The lowest BCUT2D eigenvalue weighted by atomic mass is 10.2. The van der Waals surface area contributed by atoms with E-state index in [0.29, 0.717) is 6.61 Å². The Bertz CT molecular complexity index is 107. The van der Waals surface area contributed by atoms with Crippen LogP contribution >= 0.6 is 0 Å². The topological polar surface area (TPSA) is 35.2 Å². The SMILES string of the molecule is C=CC=C(CC)CON. The molecule has 2 heteroatoms. The lowest BCUT2D eigenvalue weighted by Crippen LogP contribution is -2.02. The molecule has 0 aromatic rings. The quantitative estimate of drug-likeness (QED) is 0.457. The number of nitrogens with two attached hydrogens (primary N) is 1. The summed E-state index contributed by atoms with van der Waals surface area (Å²) in [4.78, 5) is 4.43. The Kier molecular flexibility index (Phi) is 5.17. The predicted octanol–water partition coefficient (Wildman–Crippen LogP) is 1.40. The fourth-order valence-electron chi connectivity index (χ4n) is 0.542. The molecule has 0 amide bonds. The zero-order valence-corrected chi connectivity index (χ0v) is 5.76. The van der Waals surface area contributed by atoms with Gasteiger partial charge in [-0.2, -0.15) is 0 Å². The first-order valence-electron chi connectivity index (χ1n) is 2.97. The maximum Gasteiger partial charge on any atom is 0.0893 e. The molecule has 0 aromatic heterocycles. The molecule has 0 heterocycles. The van der Waals surface area contributed by atoms with E-state index in [1.807, 2.05) is 13.0 Å². The van der Waals surface area contributed by atoms with E-state index in [2.05, 4.69) is 11.4 Å². The van der Waals surface area contributed by atoms with Crippen molar-refractivity contribution in [2.75, 3.05) is 6.61 Å². The summed E-state index contributed by atoms with van der Waals surface area (Å²) in [6, 6.07) is 0. The summed E-state index contributed by atoms with van der Waals surface area (Å²) in [5.41, 5.74) is 1.16. The van der Waals surface area contributed by atoms with Crippen molar-refractivity contribution in [2.45, 2.75) is 13.3 Å². The Balaban J connectivity index is 3.66. The standard InChI is InChI=1S/C7H13NO/c1-3-5-7(4-2)6-9-8/h3,5H,1,4,6,8H2,2H3. The zero-order valence-electron chi connectivity index (χ0n) is 5.76. The Morgan fingerprint density at radius 3 is 2.78 bits per heavy atom.